The number of hydrogen-bond acceptors (Lipinski definition) is 1. The lowest BCUT2D eigenvalue weighted by Gasteiger charge is -2.14. The first-order valence-electron chi connectivity index (χ1n) is 7.21. The Morgan fingerprint density at radius 1 is 0.783 bits per heavy atom. The summed E-state index contributed by atoms with van der Waals surface area (Å²) in [5.41, 5.74) is 0.909. The predicted octanol–water partition coefficient (Wildman–Crippen LogP) is 4.80. The molecule has 0 amide bonds. The largest absolute Gasteiger partial charge is 0.288 e. The van der Waals surface area contributed by atoms with Gasteiger partial charge < -0.3 is 0 Å². The van der Waals surface area contributed by atoms with Crippen LogP contribution in [0.25, 0.3) is 0 Å². The average molecular weight is 384 g/mol. The molecule has 0 radical (unpaired) electrons. The summed E-state index contributed by atoms with van der Waals surface area (Å²) in [5, 5.41) is 1.47. The van der Waals surface area contributed by atoms with Crippen LogP contribution in [0.3, 0.4) is 0 Å². The molecule has 3 aromatic carbocycles. The molecule has 3 rings (SSSR count). The SMILES string of the molecule is O=P(N=Cc1cccc(Br)c1)(c1ccccc1)c1ccccc1. The summed E-state index contributed by atoms with van der Waals surface area (Å²) < 4.78 is 19.2. The van der Waals surface area contributed by atoms with Crippen LogP contribution in [0.1, 0.15) is 5.56 Å². The van der Waals surface area contributed by atoms with Crippen LogP contribution in [0.5, 0.6) is 0 Å². The average Bonchev–Trinajstić information content (AvgIpc) is 2.61. The van der Waals surface area contributed by atoms with E-state index < -0.39 is 7.29 Å². The predicted molar refractivity (Wildman–Crippen MR) is 101 cm³/mol. The van der Waals surface area contributed by atoms with Gasteiger partial charge in [0.05, 0.1) is 0 Å². The zero-order chi connectivity index (χ0) is 16.1. The molecule has 0 saturated heterocycles. The molecule has 114 valence electrons. The fraction of sp³-hybridized carbons (Fsp3) is 0. The Morgan fingerprint density at radius 2 is 1.35 bits per heavy atom. The van der Waals surface area contributed by atoms with Crippen molar-refractivity contribution >= 4 is 40.0 Å². The highest BCUT2D eigenvalue weighted by Crippen LogP contribution is 2.44. The smallest absolute Gasteiger partial charge is 0.247 e. The van der Waals surface area contributed by atoms with Gasteiger partial charge in [-0.05, 0) is 42.0 Å². The Morgan fingerprint density at radius 3 is 1.87 bits per heavy atom. The van der Waals surface area contributed by atoms with Gasteiger partial charge in [0, 0.05) is 21.3 Å². The molecule has 0 atom stereocenters. The maximum atomic E-state index is 13.7. The zero-order valence-electron chi connectivity index (χ0n) is 12.3. The maximum absolute atomic E-state index is 13.7. The second kappa shape index (κ2) is 7.08. The number of halogens is 1. The van der Waals surface area contributed by atoms with E-state index in [0.29, 0.717) is 0 Å². The highest BCUT2D eigenvalue weighted by Gasteiger charge is 2.25. The molecule has 0 fully saturated rings. The monoisotopic (exact) mass is 383 g/mol. The number of rotatable bonds is 4. The third-order valence-corrected chi connectivity index (χ3v) is 6.36. The molecule has 0 aromatic heterocycles. The Kier molecular flexibility index (Phi) is 4.90. The van der Waals surface area contributed by atoms with E-state index in [1.807, 2.05) is 84.9 Å². The molecule has 0 aliphatic heterocycles. The highest BCUT2D eigenvalue weighted by molar-refractivity contribution is 9.10. The van der Waals surface area contributed by atoms with Crippen molar-refractivity contribution in [2.24, 2.45) is 4.76 Å². The van der Waals surface area contributed by atoms with Crippen molar-refractivity contribution in [2.45, 2.75) is 0 Å². The topological polar surface area (TPSA) is 29.4 Å². The summed E-state index contributed by atoms with van der Waals surface area (Å²) in [7, 11) is -3.05. The van der Waals surface area contributed by atoms with Gasteiger partial charge in [-0.2, -0.15) is 0 Å². The molecule has 0 N–H and O–H groups in total. The standard InChI is InChI=1S/C19H15BrNOP/c20-17-9-7-8-16(14-17)15-21-23(22,18-10-3-1-4-11-18)19-12-5-2-6-13-19/h1-15H. The molecule has 4 heteroatoms. The minimum atomic E-state index is -3.05. The molecule has 3 aromatic rings. The summed E-state index contributed by atoms with van der Waals surface area (Å²) in [5.74, 6) is 0. The second-order valence-electron chi connectivity index (χ2n) is 5.05. The van der Waals surface area contributed by atoms with Crippen molar-refractivity contribution in [3.05, 3.63) is 95.0 Å². The van der Waals surface area contributed by atoms with E-state index in [1.54, 1.807) is 6.21 Å². The van der Waals surface area contributed by atoms with E-state index in [2.05, 4.69) is 20.7 Å². The minimum Gasteiger partial charge on any atom is -0.288 e. The van der Waals surface area contributed by atoms with E-state index in [-0.39, 0.29) is 0 Å². The van der Waals surface area contributed by atoms with Crippen LogP contribution in [0.2, 0.25) is 0 Å². The summed E-state index contributed by atoms with van der Waals surface area (Å²) in [6.07, 6.45) is 1.69. The van der Waals surface area contributed by atoms with Crippen molar-refractivity contribution in [3.8, 4) is 0 Å². The van der Waals surface area contributed by atoms with Crippen LogP contribution in [0.4, 0.5) is 0 Å². The fourth-order valence-electron chi connectivity index (χ4n) is 2.28. The first-order chi connectivity index (χ1) is 11.2. The summed E-state index contributed by atoms with van der Waals surface area (Å²) >= 11 is 3.44. The van der Waals surface area contributed by atoms with E-state index in [0.717, 1.165) is 20.6 Å². The quantitative estimate of drug-likeness (QED) is 0.470. The summed E-state index contributed by atoms with van der Waals surface area (Å²) in [6.45, 7) is 0. The molecule has 0 aliphatic rings. The maximum Gasteiger partial charge on any atom is 0.247 e. The molecule has 0 spiro atoms. The zero-order valence-corrected chi connectivity index (χ0v) is 14.8. The van der Waals surface area contributed by atoms with Crippen LogP contribution in [-0.4, -0.2) is 6.21 Å². The van der Waals surface area contributed by atoms with E-state index in [4.69, 9.17) is 0 Å². The third kappa shape index (κ3) is 3.69. The summed E-state index contributed by atoms with van der Waals surface area (Å²) in [6, 6.07) is 26.6. The van der Waals surface area contributed by atoms with Gasteiger partial charge in [-0.3, -0.25) is 4.57 Å². The first kappa shape index (κ1) is 15.9. The van der Waals surface area contributed by atoms with Crippen molar-refractivity contribution in [1.29, 1.82) is 0 Å². The van der Waals surface area contributed by atoms with Gasteiger partial charge in [0.2, 0.25) is 7.29 Å². The molecule has 0 bridgehead atoms. The normalized spacial score (nSPS) is 11.7. The highest BCUT2D eigenvalue weighted by atomic mass is 79.9. The Hall–Kier alpha value is -1.96. The lowest BCUT2D eigenvalue weighted by atomic mass is 10.2. The van der Waals surface area contributed by atoms with Crippen LogP contribution >= 0.6 is 23.2 Å². The lowest BCUT2D eigenvalue weighted by Crippen LogP contribution is -2.14. The van der Waals surface area contributed by atoms with Crippen molar-refractivity contribution < 1.29 is 4.57 Å². The second-order valence-corrected chi connectivity index (χ2v) is 8.38. The van der Waals surface area contributed by atoms with Gasteiger partial charge in [-0.1, -0.05) is 64.5 Å². The van der Waals surface area contributed by atoms with Gasteiger partial charge in [0.25, 0.3) is 0 Å². The van der Waals surface area contributed by atoms with E-state index in [9.17, 15) is 4.57 Å². The van der Waals surface area contributed by atoms with Crippen molar-refractivity contribution in [1.82, 2.24) is 0 Å². The number of nitrogens with zero attached hydrogens (tertiary/aromatic N) is 1. The van der Waals surface area contributed by atoms with Crippen LogP contribution in [0, 0.1) is 0 Å². The van der Waals surface area contributed by atoms with Gasteiger partial charge in [-0.25, -0.2) is 4.76 Å². The van der Waals surface area contributed by atoms with Crippen molar-refractivity contribution in [3.63, 3.8) is 0 Å². The van der Waals surface area contributed by atoms with Crippen LogP contribution in [0.15, 0.2) is 94.2 Å². The minimum absolute atomic E-state index is 0.734. The molecule has 0 heterocycles. The molecule has 0 unspecified atom stereocenters. The first-order valence-corrected chi connectivity index (χ1v) is 9.66. The Balaban J connectivity index is 2.08. The molecular formula is C19H15BrNOP. The van der Waals surface area contributed by atoms with E-state index in [1.165, 1.54) is 0 Å². The van der Waals surface area contributed by atoms with Crippen LogP contribution < -0.4 is 10.6 Å². The van der Waals surface area contributed by atoms with Crippen molar-refractivity contribution in [2.75, 3.05) is 0 Å². The molecule has 2 nitrogen and oxygen atoms in total. The lowest BCUT2D eigenvalue weighted by molar-refractivity contribution is 0.588. The summed E-state index contributed by atoms with van der Waals surface area (Å²) in [4.78, 5) is 0. The van der Waals surface area contributed by atoms with Gasteiger partial charge >= 0.3 is 0 Å². The molecule has 23 heavy (non-hydrogen) atoms. The fourth-order valence-corrected chi connectivity index (χ4v) is 4.71. The number of benzene rings is 3. The number of hydrogen-bond donors (Lipinski definition) is 0. The molecule has 0 saturated carbocycles. The van der Waals surface area contributed by atoms with Gasteiger partial charge in [0.15, 0.2) is 0 Å². The molecular weight excluding hydrogens is 369 g/mol. The van der Waals surface area contributed by atoms with E-state index >= 15 is 0 Å². The third-order valence-electron chi connectivity index (χ3n) is 3.43. The van der Waals surface area contributed by atoms with Gasteiger partial charge in [0.1, 0.15) is 0 Å². The van der Waals surface area contributed by atoms with Crippen LogP contribution in [-0.2, 0) is 4.57 Å². The molecule has 0 aliphatic carbocycles. The van der Waals surface area contributed by atoms with Gasteiger partial charge in [-0.15, -0.1) is 0 Å². The Labute approximate surface area is 144 Å². The Bertz CT molecular complexity index is 819.